The van der Waals surface area contributed by atoms with Crippen molar-refractivity contribution < 1.29 is 0 Å². The molecule has 0 saturated carbocycles. The Labute approximate surface area is 70.3 Å². The molecule has 1 aliphatic rings. The molecule has 1 rings (SSSR count). The zero-order valence-electron chi connectivity index (χ0n) is 5.65. The van der Waals surface area contributed by atoms with E-state index < -0.39 is 0 Å². The first kappa shape index (κ1) is 7.75. The first-order valence-electron chi connectivity index (χ1n) is 3.46. The minimum Gasteiger partial charge on any atom is -0.310 e. The molecular weight excluding hydrogens is 227 g/mol. The predicted octanol–water partition coefficient (Wildman–Crippen LogP) is 1.07. The van der Waals surface area contributed by atoms with Crippen molar-refractivity contribution in [3.05, 3.63) is 0 Å². The number of hydrogen-bond acceptors (Lipinski definition) is 2. The van der Waals surface area contributed by atoms with Crippen LogP contribution in [0.4, 0.5) is 0 Å². The van der Waals surface area contributed by atoms with E-state index in [0.717, 1.165) is 18.6 Å². The van der Waals surface area contributed by atoms with Gasteiger partial charge in [-0.25, -0.2) is 0 Å². The van der Waals surface area contributed by atoms with Gasteiger partial charge in [0.25, 0.3) is 0 Å². The van der Waals surface area contributed by atoms with Crippen LogP contribution in [0.2, 0.25) is 0 Å². The standard InChI is InChI=1S/C6H13IN2/c1-2-5-3-6(9-5)4-8-7/h5-6,8-9H,2-4H2,1H3. The van der Waals surface area contributed by atoms with Gasteiger partial charge in [-0.2, -0.15) is 0 Å². The van der Waals surface area contributed by atoms with Gasteiger partial charge in [0.05, 0.1) is 0 Å². The molecule has 2 atom stereocenters. The third kappa shape index (κ3) is 2.05. The molecule has 0 radical (unpaired) electrons. The van der Waals surface area contributed by atoms with Crippen molar-refractivity contribution in [2.24, 2.45) is 0 Å². The molecule has 2 N–H and O–H groups in total. The van der Waals surface area contributed by atoms with Gasteiger partial charge in [0.1, 0.15) is 0 Å². The van der Waals surface area contributed by atoms with E-state index in [1.807, 2.05) is 0 Å². The van der Waals surface area contributed by atoms with E-state index in [4.69, 9.17) is 0 Å². The van der Waals surface area contributed by atoms with E-state index in [-0.39, 0.29) is 0 Å². The summed E-state index contributed by atoms with van der Waals surface area (Å²) in [6.07, 6.45) is 2.63. The van der Waals surface area contributed by atoms with Gasteiger partial charge in [-0.15, -0.1) is 0 Å². The van der Waals surface area contributed by atoms with E-state index in [9.17, 15) is 0 Å². The molecule has 3 heteroatoms. The second-order valence-electron chi connectivity index (χ2n) is 2.54. The molecule has 1 aliphatic heterocycles. The van der Waals surface area contributed by atoms with Crippen LogP contribution in [0.25, 0.3) is 0 Å². The summed E-state index contributed by atoms with van der Waals surface area (Å²) >= 11 is 2.19. The second kappa shape index (κ2) is 3.73. The van der Waals surface area contributed by atoms with Crippen molar-refractivity contribution in [1.82, 2.24) is 8.85 Å². The molecule has 54 valence electrons. The van der Waals surface area contributed by atoms with Gasteiger partial charge in [-0.1, -0.05) is 6.92 Å². The lowest BCUT2D eigenvalue weighted by Crippen LogP contribution is -2.55. The largest absolute Gasteiger partial charge is 0.310 e. The highest BCUT2D eigenvalue weighted by Gasteiger charge is 2.25. The molecule has 0 spiro atoms. The molecule has 0 aromatic rings. The smallest absolute Gasteiger partial charge is 0.0217 e. The molecule has 1 heterocycles. The normalized spacial score (nSPS) is 34.0. The maximum Gasteiger partial charge on any atom is 0.0217 e. The fourth-order valence-corrected chi connectivity index (χ4v) is 1.70. The van der Waals surface area contributed by atoms with Crippen LogP contribution >= 0.6 is 22.9 Å². The Kier molecular flexibility index (Phi) is 3.21. The van der Waals surface area contributed by atoms with E-state index in [1.165, 1.54) is 12.8 Å². The summed E-state index contributed by atoms with van der Waals surface area (Å²) in [4.78, 5) is 0. The van der Waals surface area contributed by atoms with Crippen molar-refractivity contribution in [3.8, 4) is 0 Å². The van der Waals surface area contributed by atoms with Gasteiger partial charge in [0.2, 0.25) is 0 Å². The average Bonchev–Trinajstić information content (AvgIpc) is 1.77. The molecule has 0 amide bonds. The van der Waals surface area contributed by atoms with Crippen LogP contribution in [-0.2, 0) is 0 Å². The van der Waals surface area contributed by atoms with E-state index >= 15 is 0 Å². The topological polar surface area (TPSA) is 24.1 Å². The Morgan fingerprint density at radius 3 is 2.78 bits per heavy atom. The molecule has 2 nitrogen and oxygen atoms in total. The number of halogens is 1. The summed E-state index contributed by atoms with van der Waals surface area (Å²) < 4.78 is 3.12. The fourth-order valence-electron chi connectivity index (χ4n) is 1.17. The lowest BCUT2D eigenvalue weighted by Gasteiger charge is -2.36. The summed E-state index contributed by atoms with van der Waals surface area (Å²) in [5.41, 5.74) is 0. The summed E-state index contributed by atoms with van der Waals surface area (Å²) in [6.45, 7) is 3.34. The minimum absolute atomic E-state index is 0.742. The summed E-state index contributed by atoms with van der Waals surface area (Å²) in [5, 5.41) is 3.46. The van der Waals surface area contributed by atoms with Crippen LogP contribution in [0.3, 0.4) is 0 Å². The SMILES string of the molecule is CCC1CC(CNI)N1. The van der Waals surface area contributed by atoms with Gasteiger partial charge in [-0.05, 0) is 12.8 Å². The van der Waals surface area contributed by atoms with Crippen LogP contribution in [0.15, 0.2) is 0 Å². The summed E-state index contributed by atoms with van der Waals surface area (Å²) in [5.74, 6) is 0. The van der Waals surface area contributed by atoms with E-state index in [0.29, 0.717) is 0 Å². The molecule has 1 fully saturated rings. The molecule has 0 aromatic heterocycles. The highest BCUT2D eigenvalue weighted by atomic mass is 127. The van der Waals surface area contributed by atoms with Gasteiger partial charge >= 0.3 is 0 Å². The quantitative estimate of drug-likeness (QED) is 0.569. The molecule has 2 unspecified atom stereocenters. The minimum atomic E-state index is 0.742. The van der Waals surface area contributed by atoms with Gasteiger partial charge in [0.15, 0.2) is 0 Å². The number of hydrogen-bond donors (Lipinski definition) is 2. The van der Waals surface area contributed by atoms with Gasteiger partial charge in [0, 0.05) is 41.5 Å². The summed E-state index contributed by atoms with van der Waals surface area (Å²) in [6, 6.07) is 1.55. The third-order valence-corrected chi connectivity index (χ3v) is 2.30. The molecule has 0 aromatic carbocycles. The Morgan fingerprint density at radius 2 is 2.33 bits per heavy atom. The molecule has 9 heavy (non-hydrogen) atoms. The monoisotopic (exact) mass is 240 g/mol. The van der Waals surface area contributed by atoms with E-state index in [1.54, 1.807) is 0 Å². The first-order valence-corrected chi connectivity index (χ1v) is 4.54. The Balaban J connectivity index is 1.98. The van der Waals surface area contributed by atoms with Crippen LogP contribution in [0, 0.1) is 0 Å². The fraction of sp³-hybridized carbons (Fsp3) is 1.00. The van der Waals surface area contributed by atoms with Crippen LogP contribution in [0.5, 0.6) is 0 Å². The lowest BCUT2D eigenvalue weighted by atomic mass is 9.95. The molecule has 0 bridgehead atoms. The van der Waals surface area contributed by atoms with Crippen LogP contribution in [0.1, 0.15) is 19.8 Å². The highest BCUT2D eigenvalue weighted by Crippen LogP contribution is 2.13. The maximum absolute atomic E-state index is 3.46. The highest BCUT2D eigenvalue weighted by molar-refractivity contribution is 14.1. The zero-order valence-corrected chi connectivity index (χ0v) is 7.81. The van der Waals surface area contributed by atoms with Gasteiger partial charge < -0.3 is 5.32 Å². The second-order valence-corrected chi connectivity index (χ2v) is 3.31. The van der Waals surface area contributed by atoms with E-state index in [2.05, 4.69) is 38.6 Å². The van der Waals surface area contributed by atoms with Crippen molar-refractivity contribution in [3.63, 3.8) is 0 Å². The third-order valence-electron chi connectivity index (χ3n) is 1.86. The maximum atomic E-state index is 3.46. The summed E-state index contributed by atoms with van der Waals surface area (Å²) in [7, 11) is 0. The van der Waals surface area contributed by atoms with Crippen molar-refractivity contribution in [2.75, 3.05) is 6.54 Å². The van der Waals surface area contributed by atoms with Crippen molar-refractivity contribution in [1.29, 1.82) is 0 Å². The number of rotatable bonds is 3. The van der Waals surface area contributed by atoms with Crippen molar-refractivity contribution in [2.45, 2.75) is 31.8 Å². The van der Waals surface area contributed by atoms with Crippen molar-refractivity contribution >= 4 is 22.9 Å². The zero-order chi connectivity index (χ0) is 6.69. The Bertz CT molecular complexity index is 81.1. The molecule has 0 aliphatic carbocycles. The first-order chi connectivity index (χ1) is 4.36. The predicted molar refractivity (Wildman–Crippen MR) is 47.6 cm³/mol. The van der Waals surface area contributed by atoms with Gasteiger partial charge in [-0.3, -0.25) is 3.53 Å². The lowest BCUT2D eigenvalue weighted by molar-refractivity contribution is 0.261. The van der Waals surface area contributed by atoms with Crippen LogP contribution < -0.4 is 8.85 Å². The van der Waals surface area contributed by atoms with Crippen LogP contribution in [-0.4, -0.2) is 18.6 Å². The number of nitrogens with one attached hydrogen (secondary N) is 2. The Morgan fingerprint density at radius 1 is 1.67 bits per heavy atom. The molecule has 1 saturated heterocycles. The molecular formula is C6H13IN2. The Hall–Kier alpha value is 0.650. The average molecular weight is 240 g/mol.